The zero-order valence-corrected chi connectivity index (χ0v) is 7.44. The highest BCUT2D eigenvalue weighted by molar-refractivity contribution is 7.33. The molecule has 0 bridgehead atoms. The molecule has 0 unspecified atom stereocenters. The van der Waals surface area contributed by atoms with Crippen LogP contribution in [-0.4, -0.2) is 25.5 Å². The Labute approximate surface area is 71.3 Å². The Bertz CT molecular complexity index is 128. The van der Waals surface area contributed by atoms with Crippen molar-refractivity contribution in [3.05, 3.63) is 0 Å². The van der Waals surface area contributed by atoms with E-state index >= 15 is 0 Å². The van der Waals surface area contributed by atoms with E-state index in [1.54, 1.807) is 0 Å². The van der Waals surface area contributed by atoms with Gasteiger partial charge in [-0.2, -0.15) is 0 Å². The van der Waals surface area contributed by atoms with Crippen LogP contribution in [0.4, 0.5) is 0 Å². The molecule has 8 heteroatoms. The second kappa shape index (κ2) is 6.38. The summed E-state index contributed by atoms with van der Waals surface area (Å²) in [5.41, 5.74) is 20.5. The van der Waals surface area contributed by atoms with Crippen LogP contribution in [0, 0.1) is 0 Å². The average molecular weight is 197 g/mol. The minimum absolute atomic E-state index is 0.0327. The minimum Gasteiger partial charge on any atom is -0.314 e. The summed E-state index contributed by atoms with van der Waals surface area (Å²) in [7, 11) is -2.22. The maximum atomic E-state index is 10.7. The molecule has 7 nitrogen and oxygen atoms in total. The maximum absolute atomic E-state index is 10.7. The minimum atomic E-state index is -2.22. The third-order valence-electron chi connectivity index (χ3n) is 0.745. The fraction of sp³-hybridized carbons (Fsp3) is 1.00. The molecule has 0 aromatic heterocycles. The van der Waals surface area contributed by atoms with Crippen LogP contribution in [0.1, 0.15) is 0 Å². The summed E-state index contributed by atoms with van der Waals surface area (Å²) in [4.78, 5) is 0. The van der Waals surface area contributed by atoms with E-state index in [9.17, 15) is 4.57 Å². The monoisotopic (exact) mass is 197 g/mol. The van der Waals surface area contributed by atoms with Crippen LogP contribution < -0.4 is 22.9 Å². The standard InChI is InChI=1S/C4H14N4O3P/c5-3(6)1-10-12(9)11-2-4(7)8/h3-4H,1-2,5-8H2/q+1. The predicted molar refractivity (Wildman–Crippen MR) is 43.8 cm³/mol. The van der Waals surface area contributed by atoms with Gasteiger partial charge in [-0.1, -0.05) is 0 Å². The van der Waals surface area contributed by atoms with Gasteiger partial charge < -0.3 is 22.9 Å². The summed E-state index contributed by atoms with van der Waals surface area (Å²) in [6.07, 6.45) is -1.34. The van der Waals surface area contributed by atoms with E-state index in [0.29, 0.717) is 0 Å². The fourth-order valence-electron chi connectivity index (χ4n) is 0.331. The lowest BCUT2D eigenvalue weighted by Gasteiger charge is -1.98. The SMILES string of the molecule is NC(N)CO[P+](=O)OCC(N)N. The first-order valence-corrected chi connectivity index (χ1v) is 4.37. The van der Waals surface area contributed by atoms with E-state index in [0.717, 1.165) is 0 Å². The van der Waals surface area contributed by atoms with Gasteiger partial charge in [0.05, 0.1) is 12.3 Å². The van der Waals surface area contributed by atoms with Crippen LogP contribution in [0.2, 0.25) is 0 Å². The summed E-state index contributed by atoms with van der Waals surface area (Å²) >= 11 is 0. The van der Waals surface area contributed by atoms with Crippen molar-refractivity contribution in [2.75, 3.05) is 13.2 Å². The van der Waals surface area contributed by atoms with Crippen LogP contribution in [0.3, 0.4) is 0 Å². The second-order valence-electron chi connectivity index (χ2n) is 2.14. The molecular weight excluding hydrogens is 183 g/mol. The quantitative estimate of drug-likeness (QED) is 0.290. The molecule has 0 fully saturated rings. The molecule has 12 heavy (non-hydrogen) atoms. The highest BCUT2D eigenvalue weighted by Crippen LogP contribution is 2.22. The van der Waals surface area contributed by atoms with Gasteiger partial charge in [0.25, 0.3) is 0 Å². The van der Waals surface area contributed by atoms with E-state index < -0.39 is 20.6 Å². The zero-order valence-electron chi connectivity index (χ0n) is 6.55. The van der Waals surface area contributed by atoms with Gasteiger partial charge in [-0.05, 0) is 0 Å². The van der Waals surface area contributed by atoms with E-state index in [2.05, 4.69) is 9.05 Å². The highest BCUT2D eigenvalue weighted by Gasteiger charge is 2.21. The van der Waals surface area contributed by atoms with Gasteiger partial charge >= 0.3 is 8.25 Å². The average Bonchev–Trinajstić information content (AvgIpc) is 1.96. The topological polar surface area (TPSA) is 140 Å². The first-order chi connectivity index (χ1) is 5.52. The summed E-state index contributed by atoms with van der Waals surface area (Å²) in [5, 5.41) is 0. The number of rotatable bonds is 6. The van der Waals surface area contributed by atoms with Crippen molar-refractivity contribution >= 4 is 8.25 Å². The van der Waals surface area contributed by atoms with Crippen molar-refractivity contribution in [1.82, 2.24) is 0 Å². The highest BCUT2D eigenvalue weighted by atomic mass is 31.1. The van der Waals surface area contributed by atoms with Gasteiger partial charge in [0.15, 0.2) is 0 Å². The Morgan fingerprint density at radius 2 is 1.33 bits per heavy atom. The fourth-order valence-corrected chi connectivity index (χ4v) is 0.993. The van der Waals surface area contributed by atoms with Gasteiger partial charge in [-0.25, -0.2) is 0 Å². The van der Waals surface area contributed by atoms with Crippen LogP contribution in [0.15, 0.2) is 0 Å². The zero-order chi connectivity index (χ0) is 9.56. The van der Waals surface area contributed by atoms with E-state index in [4.69, 9.17) is 22.9 Å². The van der Waals surface area contributed by atoms with Crippen molar-refractivity contribution in [2.45, 2.75) is 12.3 Å². The van der Waals surface area contributed by atoms with Crippen molar-refractivity contribution in [3.8, 4) is 0 Å². The van der Waals surface area contributed by atoms with Crippen molar-refractivity contribution < 1.29 is 13.6 Å². The molecule has 0 aromatic carbocycles. The summed E-state index contributed by atoms with van der Waals surface area (Å²) in [6.45, 7) is -0.0654. The molecule has 0 aliphatic rings. The summed E-state index contributed by atoms with van der Waals surface area (Å²) < 4.78 is 19.9. The van der Waals surface area contributed by atoms with Gasteiger partial charge in [0.2, 0.25) is 0 Å². The Hall–Kier alpha value is -0.140. The van der Waals surface area contributed by atoms with Crippen molar-refractivity contribution in [2.24, 2.45) is 22.9 Å². The van der Waals surface area contributed by atoms with Crippen LogP contribution >= 0.6 is 8.25 Å². The molecule has 72 valence electrons. The Balaban J connectivity index is 3.34. The Morgan fingerprint density at radius 3 is 1.58 bits per heavy atom. The largest absolute Gasteiger partial charge is 0.697 e. The first kappa shape index (κ1) is 11.9. The normalized spacial score (nSPS) is 11.2. The van der Waals surface area contributed by atoms with Gasteiger partial charge in [0.1, 0.15) is 13.2 Å². The molecule has 0 saturated heterocycles. The molecule has 0 aromatic rings. The lowest BCUT2D eigenvalue weighted by molar-refractivity contribution is 0.207. The van der Waals surface area contributed by atoms with Gasteiger partial charge in [0, 0.05) is 4.57 Å². The van der Waals surface area contributed by atoms with Gasteiger partial charge in [-0.15, -0.1) is 9.05 Å². The smallest absolute Gasteiger partial charge is 0.314 e. The molecular formula is C4H14N4O3P+. The van der Waals surface area contributed by atoms with Crippen LogP contribution in [0.5, 0.6) is 0 Å². The first-order valence-electron chi connectivity index (χ1n) is 3.27. The Kier molecular flexibility index (Phi) is 6.31. The summed E-state index contributed by atoms with van der Waals surface area (Å²) in [6, 6.07) is 0. The van der Waals surface area contributed by atoms with Crippen LogP contribution in [-0.2, 0) is 13.6 Å². The molecule has 0 rings (SSSR count). The lowest BCUT2D eigenvalue weighted by atomic mass is 10.6. The van der Waals surface area contributed by atoms with Crippen LogP contribution in [0.25, 0.3) is 0 Å². The third kappa shape index (κ3) is 7.96. The molecule has 0 spiro atoms. The Morgan fingerprint density at radius 1 is 1.00 bits per heavy atom. The van der Waals surface area contributed by atoms with Gasteiger partial charge in [-0.3, -0.25) is 0 Å². The second-order valence-corrected chi connectivity index (χ2v) is 3.11. The molecule has 8 N–H and O–H groups in total. The molecule has 0 aliphatic heterocycles. The molecule has 0 atom stereocenters. The third-order valence-corrected chi connectivity index (χ3v) is 1.46. The number of nitrogens with two attached hydrogens (primary N) is 4. The van der Waals surface area contributed by atoms with Crippen molar-refractivity contribution in [1.29, 1.82) is 0 Å². The molecule has 0 heterocycles. The summed E-state index contributed by atoms with van der Waals surface area (Å²) in [5.74, 6) is 0. The van der Waals surface area contributed by atoms with Crippen molar-refractivity contribution in [3.63, 3.8) is 0 Å². The predicted octanol–water partition coefficient (Wildman–Crippen LogP) is -1.84. The molecule has 0 radical (unpaired) electrons. The lowest BCUT2D eigenvalue weighted by Crippen LogP contribution is -2.35. The number of hydrogen-bond donors (Lipinski definition) is 4. The van der Waals surface area contributed by atoms with E-state index in [-0.39, 0.29) is 13.2 Å². The number of hydrogen-bond acceptors (Lipinski definition) is 7. The molecule has 0 aliphatic carbocycles. The maximum Gasteiger partial charge on any atom is 0.697 e. The van der Waals surface area contributed by atoms with E-state index in [1.807, 2.05) is 0 Å². The van der Waals surface area contributed by atoms with E-state index in [1.165, 1.54) is 0 Å². The molecule has 0 amide bonds. The molecule has 0 saturated carbocycles.